The predicted octanol–water partition coefficient (Wildman–Crippen LogP) is 2.56. The molecule has 1 saturated heterocycles. The fraction of sp³-hybridized carbons (Fsp3) is 0.500. The van der Waals surface area contributed by atoms with E-state index < -0.39 is 0 Å². The number of piperidine rings is 1. The second kappa shape index (κ2) is 8.02. The molecule has 5 heteroatoms. The molecule has 1 amide bonds. The van der Waals surface area contributed by atoms with Gasteiger partial charge in [-0.1, -0.05) is 30.3 Å². The van der Waals surface area contributed by atoms with E-state index in [-0.39, 0.29) is 24.5 Å². The maximum absolute atomic E-state index is 12.0. The van der Waals surface area contributed by atoms with E-state index in [1.54, 1.807) is 4.90 Å². The maximum Gasteiger partial charge on any atom is 0.410 e. The number of benzene rings is 1. The zero-order chi connectivity index (χ0) is 12.8. The van der Waals surface area contributed by atoms with Crippen LogP contribution in [0.1, 0.15) is 24.8 Å². The van der Waals surface area contributed by atoms with Crippen LogP contribution in [0.2, 0.25) is 0 Å². The van der Waals surface area contributed by atoms with E-state index in [9.17, 15) is 4.79 Å². The van der Waals surface area contributed by atoms with Crippen molar-refractivity contribution in [2.45, 2.75) is 31.9 Å². The van der Waals surface area contributed by atoms with E-state index in [1.807, 2.05) is 30.3 Å². The van der Waals surface area contributed by atoms with Crippen LogP contribution in [0.4, 0.5) is 4.79 Å². The fourth-order valence-corrected chi connectivity index (χ4v) is 2.29. The lowest BCUT2D eigenvalue weighted by molar-refractivity contribution is 0.0699. The molecule has 4 nitrogen and oxygen atoms in total. The van der Waals surface area contributed by atoms with Crippen molar-refractivity contribution in [3.8, 4) is 0 Å². The standard InChI is InChI=1S/C14H20N2O2.ClH/c15-10-13-8-4-5-9-16(13)14(17)18-11-12-6-2-1-3-7-12;/h1-3,6-7,13H,4-5,8-11,15H2;1H/t13-;/m1./s1. The number of nitrogens with two attached hydrogens (primary N) is 1. The lowest BCUT2D eigenvalue weighted by Crippen LogP contribution is -2.47. The number of hydrogen-bond acceptors (Lipinski definition) is 3. The summed E-state index contributed by atoms with van der Waals surface area (Å²) in [6.07, 6.45) is 2.92. The molecular formula is C14H21ClN2O2. The smallest absolute Gasteiger partial charge is 0.410 e. The Labute approximate surface area is 120 Å². The number of likely N-dealkylation sites (tertiary alicyclic amines) is 1. The number of halogens is 1. The van der Waals surface area contributed by atoms with E-state index in [4.69, 9.17) is 10.5 Å². The van der Waals surface area contributed by atoms with Crippen LogP contribution in [0.5, 0.6) is 0 Å². The van der Waals surface area contributed by atoms with Gasteiger partial charge in [0.2, 0.25) is 0 Å². The van der Waals surface area contributed by atoms with Gasteiger partial charge in [-0.2, -0.15) is 0 Å². The largest absolute Gasteiger partial charge is 0.445 e. The summed E-state index contributed by atoms with van der Waals surface area (Å²) >= 11 is 0. The molecule has 106 valence electrons. The molecule has 1 aliphatic rings. The predicted molar refractivity (Wildman–Crippen MR) is 77.3 cm³/mol. The van der Waals surface area contributed by atoms with Crippen LogP contribution in [-0.4, -0.2) is 30.1 Å². The summed E-state index contributed by atoms with van der Waals surface area (Å²) in [4.78, 5) is 13.8. The maximum atomic E-state index is 12.0. The third-order valence-corrected chi connectivity index (χ3v) is 3.34. The summed E-state index contributed by atoms with van der Waals surface area (Å²) in [7, 11) is 0. The molecule has 0 spiro atoms. The summed E-state index contributed by atoms with van der Waals surface area (Å²) in [5.74, 6) is 0. The molecule has 0 saturated carbocycles. The fourth-order valence-electron chi connectivity index (χ4n) is 2.29. The molecule has 19 heavy (non-hydrogen) atoms. The van der Waals surface area contributed by atoms with E-state index in [0.29, 0.717) is 13.2 Å². The topological polar surface area (TPSA) is 55.6 Å². The highest BCUT2D eigenvalue weighted by atomic mass is 35.5. The van der Waals surface area contributed by atoms with Gasteiger partial charge in [0.05, 0.1) is 0 Å². The molecule has 0 unspecified atom stereocenters. The number of nitrogens with zero attached hydrogens (tertiary/aromatic N) is 1. The van der Waals surface area contributed by atoms with Gasteiger partial charge in [0, 0.05) is 19.1 Å². The Morgan fingerprint density at radius 1 is 1.32 bits per heavy atom. The zero-order valence-corrected chi connectivity index (χ0v) is 11.8. The zero-order valence-electron chi connectivity index (χ0n) is 11.0. The number of carbonyl (C=O) groups is 1. The van der Waals surface area contributed by atoms with Gasteiger partial charge in [-0.25, -0.2) is 4.79 Å². The van der Waals surface area contributed by atoms with Gasteiger partial charge in [0.1, 0.15) is 6.61 Å². The molecule has 1 fully saturated rings. The van der Waals surface area contributed by atoms with E-state index in [0.717, 1.165) is 31.4 Å². The Morgan fingerprint density at radius 2 is 2.05 bits per heavy atom. The molecule has 2 N–H and O–H groups in total. The summed E-state index contributed by atoms with van der Waals surface area (Å²) < 4.78 is 5.33. The Hall–Kier alpha value is -1.26. The van der Waals surface area contributed by atoms with Crippen LogP contribution in [0.15, 0.2) is 30.3 Å². The lowest BCUT2D eigenvalue weighted by Gasteiger charge is -2.34. The number of carbonyl (C=O) groups excluding carboxylic acids is 1. The normalized spacial score (nSPS) is 18.6. The molecule has 0 radical (unpaired) electrons. The summed E-state index contributed by atoms with van der Waals surface area (Å²) in [5.41, 5.74) is 6.70. The molecule has 1 atom stereocenters. The lowest BCUT2D eigenvalue weighted by atomic mass is 10.0. The number of rotatable bonds is 3. The van der Waals surface area contributed by atoms with Crippen LogP contribution < -0.4 is 5.73 Å². The minimum atomic E-state index is -0.242. The monoisotopic (exact) mass is 284 g/mol. The Balaban J connectivity index is 0.00000180. The third kappa shape index (κ3) is 4.40. The van der Waals surface area contributed by atoms with Gasteiger partial charge in [-0.05, 0) is 24.8 Å². The average molecular weight is 285 g/mol. The highest BCUT2D eigenvalue weighted by molar-refractivity contribution is 5.85. The average Bonchev–Trinajstić information content (AvgIpc) is 2.45. The quantitative estimate of drug-likeness (QED) is 0.928. The van der Waals surface area contributed by atoms with Crippen LogP contribution >= 0.6 is 12.4 Å². The summed E-state index contributed by atoms with van der Waals surface area (Å²) in [6, 6.07) is 9.86. The Morgan fingerprint density at radius 3 is 2.74 bits per heavy atom. The molecule has 0 aliphatic carbocycles. The van der Waals surface area contributed by atoms with Crippen LogP contribution in [0.25, 0.3) is 0 Å². The van der Waals surface area contributed by atoms with Gasteiger partial charge in [0.15, 0.2) is 0 Å². The highest BCUT2D eigenvalue weighted by Gasteiger charge is 2.26. The second-order valence-corrected chi connectivity index (χ2v) is 4.62. The first-order valence-electron chi connectivity index (χ1n) is 6.48. The van der Waals surface area contributed by atoms with Gasteiger partial charge in [-0.15, -0.1) is 12.4 Å². The van der Waals surface area contributed by atoms with E-state index in [2.05, 4.69) is 0 Å². The number of ether oxygens (including phenoxy) is 1. The second-order valence-electron chi connectivity index (χ2n) is 4.62. The van der Waals surface area contributed by atoms with Crippen molar-refractivity contribution in [2.24, 2.45) is 5.73 Å². The van der Waals surface area contributed by atoms with Crippen molar-refractivity contribution in [2.75, 3.05) is 13.1 Å². The van der Waals surface area contributed by atoms with Crippen molar-refractivity contribution in [3.05, 3.63) is 35.9 Å². The molecular weight excluding hydrogens is 264 g/mol. The molecule has 0 aromatic heterocycles. The highest BCUT2D eigenvalue weighted by Crippen LogP contribution is 2.17. The minimum Gasteiger partial charge on any atom is -0.445 e. The SMILES string of the molecule is Cl.NC[C@H]1CCCCN1C(=O)OCc1ccccc1. The van der Waals surface area contributed by atoms with Crippen LogP contribution in [0.3, 0.4) is 0 Å². The van der Waals surface area contributed by atoms with Crippen molar-refractivity contribution in [3.63, 3.8) is 0 Å². The first-order valence-corrected chi connectivity index (χ1v) is 6.48. The van der Waals surface area contributed by atoms with Crippen molar-refractivity contribution < 1.29 is 9.53 Å². The van der Waals surface area contributed by atoms with Crippen molar-refractivity contribution in [1.29, 1.82) is 0 Å². The summed E-state index contributed by atoms with van der Waals surface area (Å²) in [6.45, 7) is 1.60. The van der Waals surface area contributed by atoms with Gasteiger partial charge >= 0.3 is 6.09 Å². The van der Waals surface area contributed by atoms with Crippen LogP contribution in [-0.2, 0) is 11.3 Å². The molecule has 1 aromatic rings. The molecule has 1 aromatic carbocycles. The molecule has 2 rings (SSSR count). The minimum absolute atomic E-state index is 0. The Kier molecular flexibility index (Phi) is 6.67. The van der Waals surface area contributed by atoms with E-state index in [1.165, 1.54) is 0 Å². The molecule has 0 bridgehead atoms. The Bertz CT molecular complexity index is 386. The van der Waals surface area contributed by atoms with Crippen molar-refractivity contribution >= 4 is 18.5 Å². The van der Waals surface area contributed by atoms with Gasteiger partial charge in [0.25, 0.3) is 0 Å². The first-order chi connectivity index (χ1) is 8.81. The van der Waals surface area contributed by atoms with Crippen molar-refractivity contribution in [1.82, 2.24) is 4.90 Å². The molecule has 1 aliphatic heterocycles. The summed E-state index contributed by atoms with van der Waals surface area (Å²) in [5, 5.41) is 0. The molecule has 1 heterocycles. The number of hydrogen-bond donors (Lipinski definition) is 1. The third-order valence-electron chi connectivity index (χ3n) is 3.34. The first kappa shape index (κ1) is 15.8. The van der Waals surface area contributed by atoms with Crippen LogP contribution in [0, 0.1) is 0 Å². The number of amides is 1. The van der Waals surface area contributed by atoms with Gasteiger partial charge in [-0.3, -0.25) is 0 Å². The van der Waals surface area contributed by atoms with E-state index >= 15 is 0 Å². The van der Waals surface area contributed by atoms with Gasteiger partial charge < -0.3 is 15.4 Å².